The number of hydrogen-bond donors (Lipinski definition) is 2. The smallest absolute Gasteiger partial charge is 0.357 e. The van der Waals surface area contributed by atoms with Gasteiger partial charge in [-0.25, -0.2) is 4.99 Å². The van der Waals surface area contributed by atoms with E-state index in [1.54, 1.807) is 6.07 Å². The van der Waals surface area contributed by atoms with Gasteiger partial charge in [-0.3, -0.25) is 4.68 Å². The number of rotatable bonds is 6. The van der Waals surface area contributed by atoms with E-state index in [4.69, 9.17) is 0 Å². The first-order valence-corrected chi connectivity index (χ1v) is 8.89. The maximum absolute atomic E-state index is 12.8. The summed E-state index contributed by atoms with van der Waals surface area (Å²) in [6, 6.07) is 5.25. The number of alkyl halides is 3. The summed E-state index contributed by atoms with van der Waals surface area (Å²) in [7, 11) is 1.92. The van der Waals surface area contributed by atoms with Crippen LogP contribution in [0.5, 0.6) is 0 Å². The molecule has 0 atom stereocenters. The third kappa shape index (κ3) is 6.68. The van der Waals surface area contributed by atoms with E-state index in [-0.39, 0.29) is 30.5 Å². The fraction of sp³-hybridized carbons (Fsp3) is 0.474. The van der Waals surface area contributed by atoms with Crippen LogP contribution in [-0.4, -0.2) is 28.8 Å². The van der Waals surface area contributed by atoms with Gasteiger partial charge in [-0.15, -0.1) is 24.0 Å². The van der Waals surface area contributed by atoms with Gasteiger partial charge in [0.2, 0.25) is 0 Å². The molecule has 0 spiro atoms. The number of benzene rings is 1. The van der Waals surface area contributed by atoms with E-state index in [1.807, 2.05) is 32.5 Å². The minimum Gasteiger partial charge on any atom is -0.357 e. The molecule has 1 aromatic heterocycles. The molecular weight excluding hydrogens is 482 g/mol. The molecule has 9 heteroatoms. The van der Waals surface area contributed by atoms with Gasteiger partial charge in [0.15, 0.2) is 5.96 Å². The molecule has 1 aromatic carbocycles. The number of halogens is 4. The van der Waals surface area contributed by atoms with Gasteiger partial charge in [-0.2, -0.15) is 18.3 Å². The predicted molar refractivity (Wildman–Crippen MR) is 116 cm³/mol. The molecule has 0 amide bonds. The molecule has 0 aliphatic rings. The average Bonchev–Trinajstić information content (AvgIpc) is 2.85. The number of aliphatic imine (C=N–C) groups is 1. The Morgan fingerprint density at radius 3 is 2.50 bits per heavy atom. The minimum absolute atomic E-state index is 0. The maximum Gasteiger partial charge on any atom is 0.416 e. The van der Waals surface area contributed by atoms with Crippen molar-refractivity contribution in [2.24, 2.45) is 12.0 Å². The predicted octanol–water partition coefficient (Wildman–Crippen LogP) is 3.97. The average molecular weight is 509 g/mol. The fourth-order valence-electron chi connectivity index (χ4n) is 2.84. The van der Waals surface area contributed by atoms with Crippen molar-refractivity contribution in [3.8, 4) is 0 Å². The monoisotopic (exact) mass is 509 g/mol. The minimum atomic E-state index is -4.35. The molecule has 2 N–H and O–H groups in total. The number of nitrogens with zero attached hydrogens (tertiary/aromatic N) is 3. The Hall–Kier alpha value is -1.78. The SMILES string of the molecule is CCNC(=NCc1cccc(C(F)(F)F)c1)NCCc1c(C)nn(C)c1C.I. The summed E-state index contributed by atoms with van der Waals surface area (Å²) in [6.45, 7) is 7.44. The van der Waals surface area contributed by atoms with Crippen LogP contribution in [0.2, 0.25) is 0 Å². The van der Waals surface area contributed by atoms with Crippen LogP contribution < -0.4 is 10.6 Å². The summed E-state index contributed by atoms with van der Waals surface area (Å²) in [6.07, 6.45) is -3.55. The molecule has 0 aliphatic heterocycles. The van der Waals surface area contributed by atoms with Crippen LogP contribution in [0.3, 0.4) is 0 Å². The van der Waals surface area contributed by atoms with E-state index in [0.717, 1.165) is 29.9 Å². The Morgan fingerprint density at radius 2 is 1.93 bits per heavy atom. The van der Waals surface area contributed by atoms with E-state index in [1.165, 1.54) is 11.6 Å². The lowest BCUT2D eigenvalue weighted by atomic mass is 10.1. The Morgan fingerprint density at radius 1 is 1.21 bits per heavy atom. The van der Waals surface area contributed by atoms with E-state index in [0.29, 0.717) is 24.6 Å². The molecule has 0 saturated heterocycles. The van der Waals surface area contributed by atoms with Gasteiger partial charge in [0.05, 0.1) is 17.8 Å². The first kappa shape index (κ1) is 24.3. The molecule has 156 valence electrons. The number of guanidine groups is 1. The lowest BCUT2D eigenvalue weighted by Gasteiger charge is -2.12. The second kappa shape index (κ2) is 10.7. The highest BCUT2D eigenvalue weighted by atomic mass is 127. The molecule has 0 radical (unpaired) electrons. The van der Waals surface area contributed by atoms with E-state index >= 15 is 0 Å². The molecule has 0 aliphatic carbocycles. The topological polar surface area (TPSA) is 54.2 Å². The molecule has 0 saturated carbocycles. The molecule has 28 heavy (non-hydrogen) atoms. The summed E-state index contributed by atoms with van der Waals surface area (Å²) < 4.78 is 40.3. The van der Waals surface area contributed by atoms with Crippen LogP contribution in [0.1, 0.15) is 35.0 Å². The largest absolute Gasteiger partial charge is 0.416 e. The molecule has 0 fully saturated rings. The second-order valence-electron chi connectivity index (χ2n) is 6.34. The van der Waals surface area contributed by atoms with Crippen molar-refractivity contribution in [2.45, 2.75) is 39.9 Å². The van der Waals surface area contributed by atoms with Crippen LogP contribution in [0.4, 0.5) is 13.2 Å². The molecule has 2 aromatic rings. The van der Waals surface area contributed by atoms with Crippen LogP contribution in [0.15, 0.2) is 29.3 Å². The van der Waals surface area contributed by atoms with E-state index in [9.17, 15) is 13.2 Å². The van der Waals surface area contributed by atoms with E-state index in [2.05, 4.69) is 20.7 Å². The van der Waals surface area contributed by atoms with Gasteiger partial charge >= 0.3 is 6.18 Å². The Bertz CT molecular complexity index is 799. The quantitative estimate of drug-likeness (QED) is 0.352. The highest BCUT2D eigenvalue weighted by Gasteiger charge is 2.30. The first-order chi connectivity index (χ1) is 12.7. The maximum atomic E-state index is 12.8. The van der Waals surface area contributed by atoms with Crippen LogP contribution >= 0.6 is 24.0 Å². The van der Waals surface area contributed by atoms with E-state index < -0.39 is 11.7 Å². The Labute approximate surface area is 180 Å². The standard InChI is InChI=1S/C19H26F3N5.HI/c1-5-23-18(24-10-9-17-13(2)26-27(4)14(17)3)25-12-15-7-6-8-16(11-15)19(20,21)22;/h6-8,11H,5,9-10,12H2,1-4H3,(H2,23,24,25);1H. The summed E-state index contributed by atoms with van der Waals surface area (Å²) in [5.41, 5.74) is 3.18. The highest BCUT2D eigenvalue weighted by molar-refractivity contribution is 14.0. The Kier molecular flexibility index (Phi) is 9.25. The third-order valence-electron chi connectivity index (χ3n) is 4.34. The summed E-state index contributed by atoms with van der Waals surface area (Å²) in [5, 5.41) is 10.7. The molecule has 0 unspecified atom stereocenters. The van der Waals surface area contributed by atoms with Gasteiger partial charge < -0.3 is 10.6 Å². The molecule has 2 rings (SSSR count). The number of hydrogen-bond acceptors (Lipinski definition) is 2. The summed E-state index contributed by atoms with van der Waals surface area (Å²) in [4.78, 5) is 4.39. The zero-order valence-corrected chi connectivity index (χ0v) is 18.9. The van der Waals surface area contributed by atoms with Crippen molar-refractivity contribution in [1.29, 1.82) is 0 Å². The second-order valence-corrected chi connectivity index (χ2v) is 6.34. The first-order valence-electron chi connectivity index (χ1n) is 8.89. The van der Waals surface area contributed by atoms with Gasteiger partial charge in [-0.1, -0.05) is 12.1 Å². The zero-order chi connectivity index (χ0) is 20.0. The molecule has 1 heterocycles. The lowest BCUT2D eigenvalue weighted by Crippen LogP contribution is -2.38. The van der Waals surface area contributed by atoms with Gasteiger partial charge in [-0.05, 0) is 50.5 Å². The van der Waals surface area contributed by atoms with Crippen molar-refractivity contribution in [3.63, 3.8) is 0 Å². The number of aryl methyl sites for hydroxylation is 2. The molecule has 5 nitrogen and oxygen atoms in total. The van der Waals surface area contributed by atoms with Crippen molar-refractivity contribution < 1.29 is 13.2 Å². The van der Waals surface area contributed by atoms with Crippen molar-refractivity contribution >= 4 is 29.9 Å². The van der Waals surface area contributed by atoms with Gasteiger partial charge in [0, 0.05) is 25.8 Å². The summed E-state index contributed by atoms with van der Waals surface area (Å²) >= 11 is 0. The normalized spacial score (nSPS) is 11.9. The Balaban J connectivity index is 0.00000392. The molecular formula is C19H27F3IN5. The number of aromatic nitrogens is 2. The van der Waals surface area contributed by atoms with Crippen LogP contribution in [0.25, 0.3) is 0 Å². The van der Waals surface area contributed by atoms with Gasteiger partial charge in [0.1, 0.15) is 0 Å². The van der Waals surface area contributed by atoms with Crippen molar-refractivity contribution in [1.82, 2.24) is 20.4 Å². The highest BCUT2D eigenvalue weighted by Crippen LogP contribution is 2.29. The summed E-state index contributed by atoms with van der Waals surface area (Å²) in [5.74, 6) is 0.578. The number of nitrogens with one attached hydrogen (secondary N) is 2. The van der Waals surface area contributed by atoms with Gasteiger partial charge in [0.25, 0.3) is 0 Å². The zero-order valence-electron chi connectivity index (χ0n) is 16.5. The van der Waals surface area contributed by atoms with Crippen molar-refractivity contribution in [2.75, 3.05) is 13.1 Å². The molecule has 0 bridgehead atoms. The van der Waals surface area contributed by atoms with Crippen LogP contribution in [0, 0.1) is 13.8 Å². The fourth-order valence-corrected chi connectivity index (χ4v) is 2.84. The third-order valence-corrected chi connectivity index (χ3v) is 4.34. The van der Waals surface area contributed by atoms with Crippen LogP contribution in [-0.2, 0) is 26.2 Å². The lowest BCUT2D eigenvalue weighted by molar-refractivity contribution is -0.137. The van der Waals surface area contributed by atoms with Crippen molar-refractivity contribution in [3.05, 3.63) is 52.3 Å².